The third-order valence-electron chi connectivity index (χ3n) is 8.56. The summed E-state index contributed by atoms with van der Waals surface area (Å²) in [7, 11) is 0. The number of hydrogen-bond acceptors (Lipinski definition) is 5. The number of benzene rings is 2. The van der Waals surface area contributed by atoms with Crippen molar-refractivity contribution in [2.45, 2.75) is 38.1 Å². The van der Waals surface area contributed by atoms with Gasteiger partial charge in [-0.2, -0.15) is 0 Å². The lowest BCUT2D eigenvalue weighted by molar-refractivity contribution is -0.126. The Morgan fingerprint density at radius 1 is 0.975 bits per heavy atom. The van der Waals surface area contributed by atoms with Gasteiger partial charge in [0.05, 0.1) is 23.3 Å². The molecule has 5 nitrogen and oxygen atoms in total. The van der Waals surface area contributed by atoms with Crippen LogP contribution in [-0.4, -0.2) is 53.3 Å². The summed E-state index contributed by atoms with van der Waals surface area (Å²) in [6.45, 7) is 5.38. The number of aromatic nitrogens is 1. The van der Waals surface area contributed by atoms with Gasteiger partial charge in [-0.05, 0) is 86.8 Å². The number of piperidine rings is 1. The Morgan fingerprint density at radius 3 is 2.55 bits per heavy atom. The number of hydrogen-bond donors (Lipinski definition) is 0. The zero-order chi connectivity index (χ0) is 27.3. The molecule has 2 aliphatic rings. The first-order valence-corrected chi connectivity index (χ1v) is 14.4. The second kappa shape index (κ2) is 12.3. The van der Waals surface area contributed by atoms with E-state index in [0.717, 1.165) is 76.2 Å². The maximum absolute atomic E-state index is 14.1. The van der Waals surface area contributed by atoms with Crippen LogP contribution in [0.25, 0.3) is 16.5 Å². The minimum Gasteiger partial charge on any atom is -0.464 e. The maximum Gasteiger partial charge on any atom is 0.145 e. The third-order valence-corrected chi connectivity index (χ3v) is 8.56. The minimum absolute atomic E-state index is 0.0843. The number of nitrogens with zero attached hydrogens (tertiary/aromatic N) is 3. The lowest BCUT2D eigenvalue weighted by atomic mass is 9.82. The van der Waals surface area contributed by atoms with Crippen molar-refractivity contribution in [3.63, 3.8) is 0 Å². The Balaban J connectivity index is 1.08. The summed E-state index contributed by atoms with van der Waals surface area (Å²) in [5.41, 5.74) is 5.00. The van der Waals surface area contributed by atoms with E-state index in [1.54, 1.807) is 18.5 Å². The normalized spacial score (nSPS) is 18.1. The Hall–Kier alpha value is -3.61. The summed E-state index contributed by atoms with van der Waals surface area (Å²) in [5, 5.41) is 0.531. The highest BCUT2D eigenvalue weighted by molar-refractivity contribution is 5.90. The van der Waals surface area contributed by atoms with Gasteiger partial charge in [0.2, 0.25) is 0 Å². The van der Waals surface area contributed by atoms with E-state index in [1.807, 2.05) is 24.3 Å². The molecule has 0 amide bonds. The lowest BCUT2D eigenvalue weighted by Gasteiger charge is -2.33. The second-order valence-corrected chi connectivity index (χ2v) is 11.1. The molecule has 206 valence electrons. The van der Waals surface area contributed by atoms with Crippen molar-refractivity contribution in [1.82, 2.24) is 14.8 Å². The van der Waals surface area contributed by atoms with E-state index < -0.39 is 0 Å². The van der Waals surface area contributed by atoms with Gasteiger partial charge in [-0.3, -0.25) is 19.6 Å². The van der Waals surface area contributed by atoms with Crippen LogP contribution in [0.5, 0.6) is 0 Å². The Morgan fingerprint density at radius 2 is 1.80 bits per heavy atom. The number of rotatable bonds is 9. The van der Waals surface area contributed by atoms with Gasteiger partial charge in [-0.25, -0.2) is 4.39 Å². The number of likely N-dealkylation sites (tertiary alicyclic amines) is 1. The average molecular weight is 538 g/mol. The fourth-order valence-electron chi connectivity index (χ4n) is 6.27. The third kappa shape index (κ3) is 5.93. The standard InChI is InChI=1S/C34H36FN3O2/c35-31-10-9-28(34-29(31)16-23-40-34)26-11-18-37(19-12-26)22-15-30(32-8-4-5-17-36-32)33(39)27-13-20-38(21-14-27)24-25-6-2-1-3-7-25/h1-11,16-17,23,27,30H,12-15,18-22,24H2. The largest absolute Gasteiger partial charge is 0.464 e. The van der Waals surface area contributed by atoms with Crippen molar-refractivity contribution in [3.05, 3.63) is 108 Å². The van der Waals surface area contributed by atoms with Crippen LogP contribution < -0.4 is 0 Å². The van der Waals surface area contributed by atoms with Gasteiger partial charge in [0.15, 0.2) is 0 Å². The van der Waals surface area contributed by atoms with Crippen LogP contribution in [0.15, 0.2) is 89.7 Å². The fourth-order valence-corrected chi connectivity index (χ4v) is 6.27. The zero-order valence-corrected chi connectivity index (χ0v) is 22.8. The molecule has 6 rings (SSSR count). The van der Waals surface area contributed by atoms with Crippen molar-refractivity contribution >= 4 is 22.3 Å². The fraction of sp³-hybridized carbons (Fsp3) is 0.353. The minimum atomic E-state index is -0.252. The monoisotopic (exact) mass is 537 g/mol. The number of ketones is 1. The Kier molecular flexibility index (Phi) is 8.17. The highest BCUT2D eigenvalue weighted by atomic mass is 19.1. The van der Waals surface area contributed by atoms with Crippen LogP contribution in [0.3, 0.4) is 0 Å². The Labute approximate surface area is 235 Å². The molecule has 0 aliphatic carbocycles. The molecule has 1 saturated heterocycles. The summed E-state index contributed by atoms with van der Waals surface area (Å²) >= 11 is 0. The molecule has 4 heterocycles. The van der Waals surface area contributed by atoms with Gasteiger partial charge in [-0.1, -0.05) is 42.5 Å². The van der Waals surface area contributed by atoms with Crippen molar-refractivity contribution in [1.29, 1.82) is 0 Å². The molecule has 0 bridgehead atoms. The molecule has 0 saturated carbocycles. The topological polar surface area (TPSA) is 49.6 Å². The maximum atomic E-state index is 14.1. The predicted molar refractivity (Wildman–Crippen MR) is 156 cm³/mol. The molecule has 1 atom stereocenters. The second-order valence-electron chi connectivity index (χ2n) is 11.1. The first-order valence-electron chi connectivity index (χ1n) is 14.4. The summed E-state index contributed by atoms with van der Waals surface area (Å²) in [6.07, 6.45) is 9.01. The van der Waals surface area contributed by atoms with Gasteiger partial charge in [0.25, 0.3) is 0 Å². The summed E-state index contributed by atoms with van der Waals surface area (Å²) in [6, 6.07) is 21.5. The number of Topliss-reactive ketones (excluding diaryl/α,β-unsaturated/α-hetero) is 1. The molecule has 0 N–H and O–H groups in total. The number of halogens is 1. The summed E-state index contributed by atoms with van der Waals surface area (Å²) < 4.78 is 19.7. The van der Waals surface area contributed by atoms with Crippen LogP contribution in [0, 0.1) is 11.7 Å². The summed E-state index contributed by atoms with van der Waals surface area (Å²) in [4.78, 5) is 23.3. The smallest absolute Gasteiger partial charge is 0.145 e. The number of furan rings is 1. The SMILES string of the molecule is O=C(C1CCN(Cc2ccccc2)CC1)C(CCN1CC=C(c2ccc(F)c3ccoc23)CC1)c1ccccn1. The molecule has 1 fully saturated rings. The van der Waals surface area contributed by atoms with Crippen molar-refractivity contribution in [2.75, 3.05) is 32.7 Å². The van der Waals surface area contributed by atoms with Crippen molar-refractivity contribution in [3.8, 4) is 0 Å². The highest BCUT2D eigenvalue weighted by Crippen LogP contribution is 2.33. The number of pyridine rings is 1. The molecular weight excluding hydrogens is 501 g/mol. The van der Waals surface area contributed by atoms with Crippen molar-refractivity contribution < 1.29 is 13.6 Å². The van der Waals surface area contributed by atoms with Crippen LogP contribution in [0.1, 0.15) is 48.4 Å². The molecule has 0 spiro atoms. The average Bonchev–Trinajstić information content (AvgIpc) is 3.51. The van der Waals surface area contributed by atoms with Crippen LogP contribution in [0.2, 0.25) is 0 Å². The lowest BCUT2D eigenvalue weighted by Crippen LogP contribution is -2.38. The molecular formula is C34H36FN3O2. The molecule has 2 aromatic carbocycles. The molecule has 4 aromatic rings. The van der Waals surface area contributed by atoms with E-state index >= 15 is 0 Å². The molecule has 2 aromatic heterocycles. The first kappa shape index (κ1) is 26.6. The van der Waals surface area contributed by atoms with Gasteiger partial charge in [0.1, 0.15) is 17.2 Å². The van der Waals surface area contributed by atoms with E-state index in [4.69, 9.17) is 4.42 Å². The molecule has 0 radical (unpaired) electrons. The predicted octanol–water partition coefficient (Wildman–Crippen LogP) is 6.71. The number of fused-ring (bicyclic) bond motifs is 1. The van der Waals surface area contributed by atoms with Gasteiger partial charge < -0.3 is 4.42 Å². The van der Waals surface area contributed by atoms with Gasteiger partial charge in [-0.15, -0.1) is 0 Å². The quantitative estimate of drug-likeness (QED) is 0.238. The summed E-state index contributed by atoms with van der Waals surface area (Å²) in [5.74, 6) is -0.00591. The number of carbonyl (C=O) groups is 1. The Bertz CT molecular complexity index is 1460. The van der Waals surface area contributed by atoms with E-state index in [2.05, 4.69) is 51.2 Å². The molecule has 40 heavy (non-hydrogen) atoms. The van der Waals surface area contributed by atoms with Gasteiger partial charge in [0, 0.05) is 37.3 Å². The zero-order valence-electron chi connectivity index (χ0n) is 22.8. The first-order chi connectivity index (χ1) is 19.7. The van der Waals surface area contributed by atoms with E-state index in [1.165, 1.54) is 17.2 Å². The van der Waals surface area contributed by atoms with Crippen LogP contribution in [-0.2, 0) is 11.3 Å². The van der Waals surface area contributed by atoms with Gasteiger partial charge >= 0.3 is 0 Å². The van der Waals surface area contributed by atoms with Crippen molar-refractivity contribution in [2.24, 2.45) is 5.92 Å². The van der Waals surface area contributed by atoms with Crippen LogP contribution >= 0.6 is 0 Å². The highest BCUT2D eigenvalue weighted by Gasteiger charge is 2.32. The molecule has 1 unspecified atom stereocenters. The molecule has 6 heteroatoms. The molecule has 2 aliphatic heterocycles. The van der Waals surface area contributed by atoms with E-state index in [9.17, 15) is 9.18 Å². The number of carbonyl (C=O) groups excluding carboxylic acids is 1. The van der Waals surface area contributed by atoms with Crippen LogP contribution in [0.4, 0.5) is 4.39 Å². The van der Waals surface area contributed by atoms with E-state index in [0.29, 0.717) is 16.8 Å². The van der Waals surface area contributed by atoms with E-state index in [-0.39, 0.29) is 17.7 Å².